The van der Waals surface area contributed by atoms with Crippen LogP contribution in [0, 0.1) is 11.3 Å². The number of amides is 2. The maximum atomic E-state index is 13.2. The van der Waals surface area contributed by atoms with E-state index in [1.807, 2.05) is 19.0 Å². The normalized spacial score (nSPS) is 23.5. The Labute approximate surface area is 183 Å². The molecule has 2 amide bonds. The lowest BCUT2D eigenvalue weighted by Crippen LogP contribution is -2.45. The second-order valence-corrected chi connectivity index (χ2v) is 9.77. The Balaban J connectivity index is 1.52. The molecule has 5 heteroatoms. The first-order valence-electron chi connectivity index (χ1n) is 10.8. The average Bonchev–Trinajstić information content (AvgIpc) is 3.45. The minimum Gasteiger partial charge on any atom is -0.348 e. The predicted molar refractivity (Wildman–Crippen MR) is 122 cm³/mol. The summed E-state index contributed by atoms with van der Waals surface area (Å²) in [5.41, 5.74) is 1.82. The molecule has 0 spiro atoms. The minimum atomic E-state index is -0.534. The maximum absolute atomic E-state index is 13.2. The van der Waals surface area contributed by atoms with Gasteiger partial charge >= 0.3 is 0 Å². The SMILES string of the molecule is CN(C)C(=O)C1(Cc2ccc(-c3cccs3)cc2)CCN(C(=O)C2CC=CCC2)C1. The van der Waals surface area contributed by atoms with Gasteiger partial charge in [0.05, 0.1) is 5.41 Å². The molecule has 0 N–H and O–H groups in total. The zero-order valence-electron chi connectivity index (χ0n) is 17.8. The van der Waals surface area contributed by atoms with Gasteiger partial charge in [-0.25, -0.2) is 0 Å². The number of benzene rings is 1. The molecule has 30 heavy (non-hydrogen) atoms. The molecule has 2 heterocycles. The Hall–Kier alpha value is -2.40. The molecule has 1 aliphatic heterocycles. The van der Waals surface area contributed by atoms with E-state index in [9.17, 15) is 9.59 Å². The molecule has 2 aromatic rings. The van der Waals surface area contributed by atoms with Crippen LogP contribution in [0.1, 0.15) is 31.2 Å². The fourth-order valence-corrected chi connectivity index (χ4v) is 5.56. The molecule has 0 radical (unpaired) electrons. The van der Waals surface area contributed by atoms with Gasteiger partial charge in [0.1, 0.15) is 0 Å². The standard InChI is InChI=1S/C25H30N2O2S/c1-26(2)24(29)25(14-15-27(18-25)23(28)21-7-4-3-5-8-21)17-19-10-12-20(13-11-19)22-9-6-16-30-22/h3-4,6,9-13,16,21H,5,7-8,14-15,17-18H2,1-2H3. The summed E-state index contributed by atoms with van der Waals surface area (Å²) in [7, 11) is 3.64. The lowest BCUT2D eigenvalue weighted by molar-refractivity contribution is -0.140. The zero-order chi connectivity index (χ0) is 21.1. The molecule has 0 saturated carbocycles. The van der Waals surface area contributed by atoms with Crippen LogP contribution in [0.2, 0.25) is 0 Å². The molecule has 1 fully saturated rings. The quantitative estimate of drug-likeness (QED) is 0.660. The highest BCUT2D eigenvalue weighted by Crippen LogP contribution is 2.38. The van der Waals surface area contributed by atoms with Crippen LogP contribution in [0.25, 0.3) is 10.4 Å². The Morgan fingerprint density at radius 2 is 1.97 bits per heavy atom. The second-order valence-electron chi connectivity index (χ2n) is 8.82. The molecule has 1 aromatic carbocycles. The fourth-order valence-electron chi connectivity index (χ4n) is 4.83. The van der Waals surface area contributed by atoms with E-state index in [-0.39, 0.29) is 17.7 Å². The van der Waals surface area contributed by atoms with E-state index in [4.69, 9.17) is 0 Å². The van der Waals surface area contributed by atoms with Crippen LogP contribution in [0.3, 0.4) is 0 Å². The number of thiophene rings is 1. The summed E-state index contributed by atoms with van der Waals surface area (Å²) in [6.45, 7) is 1.20. The molecule has 1 saturated heterocycles. The van der Waals surface area contributed by atoms with E-state index in [0.29, 0.717) is 19.5 Å². The van der Waals surface area contributed by atoms with Crippen LogP contribution < -0.4 is 0 Å². The van der Waals surface area contributed by atoms with Gasteiger partial charge in [0.15, 0.2) is 0 Å². The Kier molecular flexibility index (Phi) is 6.09. The number of likely N-dealkylation sites (tertiary alicyclic amines) is 1. The average molecular weight is 423 g/mol. The van der Waals surface area contributed by atoms with Crippen molar-refractivity contribution in [3.63, 3.8) is 0 Å². The molecule has 1 aromatic heterocycles. The van der Waals surface area contributed by atoms with E-state index < -0.39 is 5.41 Å². The summed E-state index contributed by atoms with van der Waals surface area (Å²) in [5, 5.41) is 2.08. The number of carbonyl (C=O) groups excluding carboxylic acids is 2. The van der Waals surface area contributed by atoms with Crippen molar-refractivity contribution in [1.29, 1.82) is 0 Å². The number of hydrogen-bond donors (Lipinski definition) is 0. The third-order valence-corrected chi connectivity index (χ3v) is 7.36. The summed E-state index contributed by atoms with van der Waals surface area (Å²) >= 11 is 1.73. The summed E-state index contributed by atoms with van der Waals surface area (Å²) in [6, 6.07) is 12.7. The van der Waals surface area contributed by atoms with Gasteiger partial charge < -0.3 is 9.80 Å². The van der Waals surface area contributed by atoms with Crippen molar-refractivity contribution < 1.29 is 9.59 Å². The zero-order valence-corrected chi connectivity index (χ0v) is 18.7. The molecular formula is C25H30N2O2S. The van der Waals surface area contributed by atoms with Crippen molar-refractivity contribution in [3.05, 3.63) is 59.5 Å². The highest BCUT2D eigenvalue weighted by atomic mass is 32.1. The fraction of sp³-hybridized carbons (Fsp3) is 0.440. The molecule has 2 atom stereocenters. The molecular weight excluding hydrogens is 392 g/mol. The lowest BCUT2D eigenvalue weighted by Gasteiger charge is -2.32. The molecule has 2 unspecified atom stereocenters. The monoisotopic (exact) mass is 422 g/mol. The predicted octanol–water partition coefficient (Wildman–Crippen LogP) is 4.62. The van der Waals surface area contributed by atoms with Crippen LogP contribution in [0.15, 0.2) is 53.9 Å². The van der Waals surface area contributed by atoms with Crippen molar-refractivity contribution in [2.75, 3.05) is 27.2 Å². The first-order chi connectivity index (χ1) is 14.5. The number of rotatable bonds is 5. The van der Waals surface area contributed by atoms with Crippen molar-refractivity contribution in [1.82, 2.24) is 9.80 Å². The first kappa shape index (κ1) is 20.9. The largest absolute Gasteiger partial charge is 0.348 e. The summed E-state index contributed by atoms with van der Waals surface area (Å²) < 4.78 is 0. The van der Waals surface area contributed by atoms with Gasteiger partial charge in [0, 0.05) is 38.0 Å². The first-order valence-corrected chi connectivity index (χ1v) is 11.6. The Bertz CT molecular complexity index is 917. The Morgan fingerprint density at radius 1 is 1.17 bits per heavy atom. The third kappa shape index (κ3) is 4.22. The summed E-state index contributed by atoms with van der Waals surface area (Å²) in [6.07, 6.45) is 8.40. The van der Waals surface area contributed by atoms with Crippen LogP contribution in [-0.2, 0) is 16.0 Å². The number of hydrogen-bond acceptors (Lipinski definition) is 3. The van der Waals surface area contributed by atoms with Crippen LogP contribution in [0.5, 0.6) is 0 Å². The van der Waals surface area contributed by atoms with Gasteiger partial charge in [-0.15, -0.1) is 11.3 Å². The second kappa shape index (κ2) is 8.76. The highest BCUT2D eigenvalue weighted by molar-refractivity contribution is 7.13. The van der Waals surface area contributed by atoms with Gasteiger partial charge in [0.25, 0.3) is 0 Å². The van der Waals surface area contributed by atoms with Gasteiger partial charge in [-0.3, -0.25) is 9.59 Å². The molecule has 4 rings (SSSR count). The van der Waals surface area contributed by atoms with E-state index in [1.165, 1.54) is 10.4 Å². The van der Waals surface area contributed by atoms with Crippen molar-refractivity contribution in [2.24, 2.45) is 11.3 Å². The van der Waals surface area contributed by atoms with E-state index in [1.54, 1.807) is 16.2 Å². The lowest BCUT2D eigenvalue weighted by atomic mass is 9.79. The van der Waals surface area contributed by atoms with Crippen molar-refractivity contribution in [2.45, 2.75) is 32.1 Å². The smallest absolute Gasteiger partial charge is 0.230 e. The number of allylic oxidation sites excluding steroid dienone is 2. The maximum Gasteiger partial charge on any atom is 0.230 e. The number of nitrogens with zero attached hydrogens (tertiary/aromatic N) is 2. The summed E-state index contributed by atoms with van der Waals surface area (Å²) in [5.74, 6) is 0.426. The molecule has 0 bridgehead atoms. The topological polar surface area (TPSA) is 40.6 Å². The Morgan fingerprint density at radius 3 is 2.60 bits per heavy atom. The minimum absolute atomic E-state index is 0.0744. The molecule has 4 nitrogen and oxygen atoms in total. The van der Waals surface area contributed by atoms with Crippen LogP contribution in [-0.4, -0.2) is 48.8 Å². The van der Waals surface area contributed by atoms with E-state index in [2.05, 4.69) is 53.9 Å². The van der Waals surface area contributed by atoms with E-state index in [0.717, 1.165) is 31.2 Å². The van der Waals surface area contributed by atoms with Crippen molar-refractivity contribution >= 4 is 23.2 Å². The summed E-state index contributed by atoms with van der Waals surface area (Å²) in [4.78, 5) is 31.2. The molecule has 2 aliphatic rings. The van der Waals surface area contributed by atoms with Gasteiger partial charge in [-0.1, -0.05) is 42.5 Å². The van der Waals surface area contributed by atoms with Gasteiger partial charge in [-0.05, 0) is 54.7 Å². The molecule has 158 valence electrons. The van der Waals surface area contributed by atoms with Crippen molar-refractivity contribution in [3.8, 4) is 10.4 Å². The number of carbonyl (C=O) groups is 2. The third-order valence-electron chi connectivity index (χ3n) is 6.45. The van der Waals surface area contributed by atoms with Gasteiger partial charge in [0.2, 0.25) is 11.8 Å². The van der Waals surface area contributed by atoms with Crippen LogP contribution >= 0.6 is 11.3 Å². The van der Waals surface area contributed by atoms with E-state index >= 15 is 0 Å². The highest BCUT2D eigenvalue weighted by Gasteiger charge is 2.47. The van der Waals surface area contributed by atoms with Crippen LogP contribution in [0.4, 0.5) is 0 Å². The van der Waals surface area contributed by atoms with Gasteiger partial charge in [-0.2, -0.15) is 0 Å². The molecule has 1 aliphatic carbocycles.